The topological polar surface area (TPSA) is 37.3 Å². The average molecular weight is 227 g/mol. The second-order valence-corrected chi connectivity index (χ2v) is 4.44. The van der Waals surface area contributed by atoms with Crippen LogP contribution in [0.15, 0.2) is 24.3 Å². The molecule has 0 saturated heterocycles. The number of aryl methyl sites for hydroxylation is 1. The third-order valence-electron chi connectivity index (χ3n) is 2.59. The fourth-order valence-electron chi connectivity index (χ4n) is 1.32. The van der Waals surface area contributed by atoms with E-state index in [0.717, 1.165) is 17.5 Å². The van der Waals surface area contributed by atoms with Gasteiger partial charge in [-0.25, -0.2) is 0 Å². The van der Waals surface area contributed by atoms with Crippen molar-refractivity contribution in [2.45, 2.75) is 25.7 Å². The zero-order valence-electron chi connectivity index (χ0n) is 8.96. The molecule has 2 nitrogen and oxygen atoms in total. The molecule has 0 amide bonds. The van der Waals surface area contributed by atoms with Gasteiger partial charge in [-0.15, -0.1) is 11.6 Å². The summed E-state index contributed by atoms with van der Waals surface area (Å²) in [6, 6.07) is 7.58. The van der Waals surface area contributed by atoms with Crippen LogP contribution in [0.25, 0.3) is 0 Å². The number of aliphatic carboxylic acids is 1. The summed E-state index contributed by atoms with van der Waals surface area (Å²) in [4.78, 5) is 11.0. The van der Waals surface area contributed by atoms with Crippen LogP contribution >= 0.6 is 11.6 Å². The predicted octanol–water partition coefficient (Wildman–Crippen LogP) is 2.83. The summed E-state index contributed by atoms with van der Waals surface area (Å²) in [5.74, 6) is -0.227. The van der Waals surface area contributed by atoms with Gasteiger partial charge in [0.1, 0.15) is 0 Å². The second-order valence-electron chi connectivity index (χ2n) is 4.07. The first-order valence-electron chi connectivity index (χ1n) is 4.87. The number of hydrogen-bond acceptors (Lipinski definition) is 1. The van der Waals surface area contributed by atoms with Gasteiger partial charge in [0.15, 0.2) is 0 Å². The van der Waals surface area contributed by atoms with Gasteiger partial charge in [-0.2, -0.15) is 0 Å². The van der Waals surface area contributed by atoms with E-state index < -0.39 is 11.4 Å². The Labute approximate surface area is 94.9 Å². The van der Waals surface area contributed by atoms with Crippen LogP contribution in [0.3, 0.4) is 0 Å². The zero-order chi connectivity index (χ0) is 11.5. The van der Waals surface area contributed by atoms with Gasteiger partial charge in [0, 0.05) is 5.88 Å². The number of alkyl halides is 1. The fourth-order valence-corrected chi connectivity index (χ4v) is 1.54. The van der Waals surface area contributed by atoms with E-state index in [1.54, 1.807) is 13.8 Å². The Hall–Kier alpha value is -1.02. The van der Waals surface area contributed by atoms with Gasteiger partial charge in [-0.05, 0) is 31.4 Å². The summed E-state index contributed by atoms with van der Waals surface area (Å²) in [6.07, 6.45) is 0.815. The second kappa shape index (κ2) is 4.67. The molecule has 0 saturated carbocycles. The Morgan fingerprint density at radius 3 is 2.27 bits per heavy atom. The van der Waals surface area contributed by atoms with E-state index in [-0.39, 0.29) is 0 Å². The van der Waals surface area contributed by atoms with Gasteiger partial charge >= 0.3 is 5.97 Å². The Balaban J connectivity index is 2.93. The van der Waals surface area contributed by atoms with Crippen molar-refractivity contribution in [2.24, 2.45) is 0 Å². The van der Waals surface area contributed by atoms with E-state index in [0.29, 0.717) is 5.88 Å². The van der Waals surface area contributed by atoms with E-state index in [1.807, 2.05) is 24.3 Å². The van der Waals surface area contributed by atoms with Crippen LogP contribution in [0.2, 0.25) is 0 Å². The van der Waals surface area contributed by atoms with Crippen molar-refractivity contribution >= 4 is 17.6 Å². The average Bonchev–Trinajstić information content (AvgIpc) is 2.19. The molecule has 0 unspecified atom stereocenters. The molecule has 15 heavy (non-hydrogen) atoms. The highest BCUT2D eigenvalue weighted by molar-refractivity contribution is 6.17. The highest BCUT2D eigenvalue weighted by atomic mass is 35.5. The normalized spacial score (nSPS) is 11.4. The van der Waals surface area contributed by atoms with E-state index in [1.165, 1.54) is 0 Å². The summed E-state index contributed by atoms with van der Waals surface area (Å²) in [6.45, 7) is 3.40. The molecule has 0 aromatic heterocycles. The monoisotopic (exact) mass is 226 g/mol. The molecular formula is C12H15ClO2. The van der Waals surface area contributed by atoms with Gasteiger partial charge in [-0.3, -0.25) is 4.79 Å². The molecule has 0 aliphatic heterocycles. The number of rotatable bonds is 4. The Bertz CT molecular complexity index is 341. The molecule has 1 N–H and O–H groups in total. The molecule has 0 heterocycles. The molecule has 1 aromatic carbocycles. The smallest absolute Gasteiger partial charge is 0.313 e. The Morgan fingerprint density at radius 2 is 1.87 bits per heavy atom. The molecule has 1 rings (SSSR count). The molecule has 1 aromatic rings. The molecule has 3 heteroatoms. The van der Waals surface area contributed by atoms with E-state index in [4.69, 9.17) is 16.7 Å². The molecule has 0 radical (unpaired) electrons. The van der Waals surface area contributed by atoms with Crippen LogP contribution < -0.4 is 0 Å². The summed E-state index contributed by atoms with van der Waals surface area (Å²) < 4.78 is 0. The summed E-state index contributed by atoms with van der Waals surface area (Å²) >= 11 is 5.62. The lowest BCUT2D eigenvalue weighted by molar-refractivity contribution is -0.142. The lowest BCUT2D eigenvalue weighted by Gasteiger charge is -2.19. The maximum Gasteiger partial charge on any atom is 0.313 e. The number of halogens is 1. The third-order valence-corrected chi connectivity index (χ3v) is 2.78. The lowest BCUT2D eigenvalue weighted by atomic mass is 9.84. The van der Waals surface area contributed by atoms with Crippen LogP contribution in [0, 0.1) is 0 Å². The maximum atomic E-state index is 11.0. The van der Waals surface area contributed by atoms with Gasteiger partial charge < -0.3 is 5.11 Å². The van der Waals surface area contributed by atoms with Crippen molar-refractivity contribution in [3.8, 4) is 0 Å². The molecular weight excluding hydrogens is 212 g/mol. The fraction of sp³-hybridized carbons (Fsp3) is 0.417. The maximum absolute atomic E-state index is 11.0. The molecule has 0 spiro atoms. The van der Waals surface area contributed by atoms with E-state index in [2.05, 4.69) is 0 Å². The molecule has 0 aliphatic carbocycles. The van der Waals surface area contributed by atoms with Crippen LogP contribution in [0.5, 0.6) is 0 Å². The SMILES string of the molecule is CC(C)(C(=O)O)c1ccc(CCCl)cc1. The van der Waals surface area contributed by atoms with Crippen molar-refractivity contribution in [1.82, 2.24) is 0 Å². The van der Waals surface area contributed by atoms with Crippen molar-refractivity contribution in [3.05, 3.63) is 35.4 Å². The van der Waals surface area contributed by atoms with Crippen molar-refractivity contribution in [2.75, 3.05) is 5.88 Å². The first-order valence-corrected chi connectivity index (χ1v) is 5.40. The third kappa shape index (κ3) is 2.72. The minimum Gasteiger partial charge on any atom is -0.481 e. The van der Waals surface area contributed by atoms with Crippen molar-refractivity contribution in [1.29, 1.82) is 0 Å². The molecule has 0 bridgehead atoms. The van der Waals surface area contributed by atoms with Crippen LogP contribution in [-0.4, -0.2) is 17.0 Å². The van der Waals surface area contributed by atoms with Gasteiger partial charge in [0.05, 0.1) is 5.41 Å². The highest BCUT2D eigenvalue weighted by Crippen LogP contribution is 2.23. The number of carboxylic acid groups (broad SMARTS) is 1. The van der Waals surface area contributed by atoms with Crippen LogP contribution in [0.4, 0.5) is 0 Å². The first kappa shape index (κ1) is 12.1. The van der Waals surface area contributed by atoms with Crippen LogP contribution in [-0.2, 0) is 16.6 Å². The highest BCUT2D eigenvalue weighted by Gasteiger charge is 2.28. The Morgan fingerprint density at radius 1 is 1.33 bits per heavy atom. The van der Waals surface area contributed by atoms with Gasteiger partial charge in [0.25, 0.3) is 0 Å². The zero-order valence-corrected chi connectivity index (χ0v) is 9.71. The lowest BCUT2D eigenvalue weighted by Crippen LogP contribution is -2.28. The number of hydrogen-bond donors (Lipinski definition) is 1. The number of carboxylic acids is 1. The molecule has 82 valence electrons. The quantitative estimate of drug-likeness (QED) is 0.802. The predicted molar refractivity (Wildman–Crippen MR) is 61.5 cm³/mol. The molecule has 0 fully saturated rings. The van der Waals surface area contributed by atoms with Crippen molar-refractivity contribution in [3.63, 3.8) is 0 Å². The van der Waals surface area contributed by atoms with Gasteiger partial charge in [0.2, 0.25) is 0 Å². The number of benzene rings is 1. The summed E-state index contributed by atoms with van der Waals surface area (Å²) in [7, 11) is 0. The Kier molecular flexibility index (Phi) is 3.75. The number of carbonyl (C=O) groups is 1. The summed E-state index contributed by atoms with van der Waals surface area (Å²) in [5, 5.41) is 9.05. The van der Waals surface area contributed by atoms with Crippen LogP contribution in [0.1, 0.15) is 25.0 Å². The van der Waals surface area contributed by atoms with E-state index >= 15 is 0 Å². The minimum atomic E-state index is -0.834. The standard InChI is InChI=1S/C12H15ClO2/c1-12(2,11(14)15)10-5-3-9(4-6-10)7-8-13/h3-6H,7-8H2,1-2H3,(H,14,15). The molecule has 0 atom stereocenters. The molecule has 0 aliphatic rings. The minimum absolute atomic E-state index is 0.585. The van der Waals surface area contributed by atoms with E-state index in [9.17, 15) is 4.79 Å². The first-order chi connectivity index (χ1) is 6.98. The van der Waals surface area contributed by atoms with Crippen molar-refractivity contribution < 1.29 is 9.90 Å². The largest absolute Gasteiger partial charge is 0.481 e. The summed E-state index contributed by atoms with van der Waals surface area (Å²) in [5.41, 5.74) is 1.11. The van der Waals surface area contributed by atoms with Gasteiger partial charge in [-0.1, -0.05) is 24.3 Å².